The molecule has 0 aliphatic heterocycles. The Labute approximate surface area is 93.0 Å². The van der Waals surface area contributed by atoms with Crippen molar-refractivity contribution in [1.29, 1.82) is 0 Å². The maximum absolute atomic E-state index is 11.8. The van der Waals surface area contributed by atoms with Gasteiger partial charge in [-0.3, -0.25) is 4.40 Å². The molecule has 2 heterocycles. The molecular weight excluding hydrogens is 204 g/mol. The minimum Gasteiger partial charge on any atom is -0.311 e. The average Bonchev–Trinajstić information content (AvgIpc) is 2.63. The van der Waals surface area contributed by atoms with Gasteiger partial charge in [0, 0.05) is 19.3 Å². The first-order valence-electron chi connectivity index (χ1n) is 5.19. The number of hydrogen-bond acceptors (Lipinski definition) is 3. The second kappa shape index (κ2) is 4.76. The number of nitrogens with one attached hydrogen (secondary N) is 1. The van der Waals surface area contributed by atoms with Crippen LogP contribution < -0.4 is 11.0 Å². The zero-order chi connectivity index (χ0) is 11.4. The molecule has 0 spiro atoms. The molecule has 2 rings (SSSR count). The first kappa shape index (κ1) is 10.6. The van der Waals surface area contributed by atoms with Gasteiger partial charge in [0.15, 0.2) is 5.65 Å². The molecule has 0 amide bonds. The average molecular weight is 218 g/mol. The zero-order valence-electron chi connectivity index (χ0n) is 8.97. The van der Waals surface area contributed by atoms with E-state index in [1.807, 2.05) is 18.2 Å². The normalized spacial score (nSPS) is 10.8. The van der Waals surface area contributed by atoms with Crippen molar-refractivity contribution in [3.05, 3.63) is 47.5 Å². The van der Waals surface area contributed by atoms with Gasteiger partial charge in [0.2, 0.25) is 0 Å². The molecule has 0 bridgehead atoms. The van der Waals surface area contributed by atoms with Gasteiger partial charge in [0.05, 0.1) is 6.54 Å². The van der Waals surface area contributed by atoms with Crippen LogP contribution in [-0.2, 0) is 6.54 Å². The second-order valence-electron chi connectivity index (χ2n) is 3.43. The van der Waals surface area contributed by atoms with Crippen LogP contribution in [0.5, 0.6) is 0 Å². The van der Waals surface area contributed by atoms with E-state index in [2.05, 4.69) is 17.0 Å². The highest BCUT2D eigenvalue weighted by atomic mass is 16.2. The molecule has 0 saturated heterocycles. The van der Waals surface area contributed by atoms with E-state index in [0.717, 1.165) is 6.54 Å². The largest absolute Gasteiger partial charge is 0.350 e. The van der Waals surface area contributed by atoms with Crippen LogP contribution in [0.1, 0.15) is 0 Å². The van der Waals surface area contributed by atoms with Crippen molar-refractivity contribution in [3.63, 3.8) is 0 Å². The number of pyridine rings is 1. The van der Waals surface area contributed by atoms with Crippen LogP contribution >= 0.6 is 0 Å². The van der Waals surface area contributed by atoms with Gasteiger partial charge in [-0.05, 0) is 12.1 Å². The summed E-state index contributed by atoms with van der Waals surface area (Å²) in [6, 6.07) is 5.49. The summed E-state index contributed by atoms with van der Waals surface area (Å²) in [5.41, 5.74) is 0.576. The van der Waals surface area contributed by atoms with Crippen molar-refractivity contribution in [2.45, 2.75) is 6.54 Å². The highest BCUT2D eigenvalue weighted by Crippen LogP contribution is 1.94. The summed E-state index contributed by atoms with van der Waals surface area (Å²) in [6.45, 7) is 5.61. The van der Waals surface area contributed by atoms with Gasteiger partial charge < -0.3 is 5.32 Å². The van der Waals surface area contributed by atoms with Crippen molar-refractivity contribution < 1.29 is 0 Å². The van der Waals surface area contributed by atoms with E-state index in [9.17, 15) is 4.79 Å². The fourth-order valence-corrected chi connectivity index (χ4v) is 1.50. The van der Waals surface area contributed by atoms with E-state index in [-0.39, 0.29) is 5.69 Å². The molecule has 0 radical (unpaired) electrons. The molecule has 2 aromatic heterocycles. The molecule has 5 heteroatoms. The number of rotatable bonds is 5. The minimum atomic E-state index is -0.101. The molecule has 2 aromatic rings. The van der Waals surface area contributed by atoms with Crippen LogP contribution in [0.4, 0.5) is 0 Å². The van der Waals surface area contributed by atoms with E-state index < -0.39 is 0 Å². The SMILES string of the molecule is C=CCNCCn1nc2ccccn2c1=O. The van der Waals surface area contributed by atoms with Crippen LogP contribution in [0.15, 0.2) is 41.8 Å². The lowest BCUT2D eigenvalue weighted by molar-refractivity contribution is 0.557. The summed E-state index contributed by atoms with van der Waals surface area (Å²) in [5.74, 6) is 0. The molecule has 1 N–H and O–H groups in total. The number of hydrogen-bond donors (Lipinski definition) is 1. The molecule has 0 aliphatic rings. The zero-order valence-corrected chi connectivity index (χ0v) is 8.97. The maximum Gasteiger partial charge on any atom is 0.350 e. The van der Waals surface area contributed by atoms with Gasteiger partial charge in [-0.1, -0.05) is 12.1 Å². The first-order chi connectivity index (χ1) is 7.83. The lowest BCUT2D eigenvalue weighted by atomic mass is 10.5. The quantitative estimate of drug-likeness (QED) is 0.579. The molecule has 84 valence electrons. The lowest BCUT2D eigenvalue weighted by Crippen LogP contribution is -2.27. The maximum atomic E-state index is 11.8. The van der Waals surface area contributed by atoms with Crippen molar-refractivity contribution in [2.75, 3.05) is 13.1 Å². The van der Waals surface area contributed by atoms with Gasteiger partial charge in [-0.25, -0.2) is 9.48 Å². The third-order valence-electron chi connectivity index (χ3n) is 2.28. The van der Waals surface area contributed by atoms with Crippen LogP contribution in [0.3, 0.4) is 0 Å². The van der Waals surface area contributed by atoms with Crippen LogP contribution in [0.25, 0.3) is 5.65 Å². The molecule has 0 unspecified atom stereocenters. The topological polar surface area (TPSA) is 51.3 Å². The van der Waals surface area contributed by atoms with Gasteiger partial charge in [0.25, 0.3) is 0 Å². The van der Waals surface area contributed by atoms with Gasteiger partial charge in [-0.15, -0.1) is 11.7 Å². The highest BCUT2D eigenvalue weighted by molar-refractivity contribution is 5.35. The molecular formula is C11H14N4O. The van der Waals surface area contributed by atoms with Crippen LogP contribution in [0.2, 0.25) is 0 Å². The van der Waals surface area contributed by atoms with E-state index in [1.165, 1.54) is 9.08 Å². The third-order valence-corrected chi connectivity index (χ3v) is 2.28. The molecule has 0 aliphatic carbocycles. The summed E-state index contributed by atoms with van der Waals surface area (Å²) in [6.07, 6.45) is 3.50. The standard InChI is InChI=1S/C11H14N4O/c1-2-6-12-7-9-15-11(16)14-8-4-3-5-10(14)13-15/h2-5,8,12H,1,6-7,9H2. The Bertz CT molecular complexity index is 540. The molecule has 5 nitrogen and oxygen atoms in total. The van der Waals surface area contributed by atoms with Crippen LogP contribution in [-0.4, -0.2) is 27.3 Å². The Morgan fingerprint density at radius 2 is 2.38 bits per heavy atom. The molecule has 0 fully saturated rings. The van der Waals surface area contributed by atoms with E-state index >= 15 is 0 Å². The summed E-state index contributed by atoms with van der Waals surface area (Å²) in [4.78, 5) is 11.8. The predicted octanol–water partition coefficient (Wildman–Crippen LogP) is 0.272. The Kier molecular flexibility index (Phi) is 3.16. The van der Waals surface area contributed by atoms with E-state index in [1.54, 1.807) is 12.3 Å². The molecule has 0 atom stereocenters. The number of fused-ring (bicyclic) bond motifs is 1. The van der Waals surface area contributed by atoms with Crippen molar-refractivity contribution in [2.24, 2.45) is 0 Å². The summed E-state index contributed by atoms with van der Waals surface area (Å²) >= 11 is 0. The minimum absolute atomic E-state index is 0.101. The lowest BCUT2D eigenvalue weighted by Gasteiger charge is -1.99. The van der Waals surface area contributed by atoms with Gasteiger partial charge in [-0.2, -0.15) is 0 Å². The van der Waals surface area contributed by atoms with E-state index in [4.69, 9.17) is 0 Å². The molecule has 0 aromatic carbocycles. The third kappa shape index (κ3) is 2.04. The first-order valence-corrected chi connectivity index (χ1v) is 5.19. The predicted molar refractivity (Wildman–Crippen MR) is 62.5 cm³/mol. The van der Waals surface area contributed by atoms with Crippen molar-refractivity contribution in [1.82, 2.24) is 19.5 Å². The smallest absolute Gasteiger partial charge is 0.311 e. The Morgan fingerprint density at radius 1 is 1.50 bits per heavy atom. The van der Waals surface area contributed by atoms with Gasteiger partial charge >= 0.3 is 5.69 Å². The Hall–Kier alpha value is -1.88. The second-order valence-corrected chi connectivity index (χ2v) is 3.43. The summed E-state index contributed by atoms with van der Waals surface area (Å²) in [5, 5.41) is 7.34. The van der Waals surface area contributed by atoms with Gasteiger partial charge in [0.1, 0.15) is 0 Å². The van der Waals surface area contributed by atoms with Crippen molar-refractivity contribution >= 4 is 5.65 Å². The summed E-state index contributed by atoms with van der Waals surface area (Å²) < 4.78 is 3.00. The fourth-order valence-electron chi connectivity index (χ4n) is 1.50. The number of nitrogens with zero attached hydrogens (tertiary/aromatic N) is 3. The fraction of sp³-hybridized carbons (Fsp3) is 0.273. The van der Waals surface area contributed by atoms with Crippen LogP contribution in [0, 0.1) is 0 Å². The monoisotopic (exact) mass is 218 g/mol. The van der Waals surface area contributed by atoms with Crippen molar-refractivity contribution in [3.8, 4) is 0 Å². The Balaban J connectivity index is 2.15. The summed E-state index contributed by atoms with van der Waals surface area (Å²) in [7, 11) is 0. The highest BCUT2D eigenvalue weighted by Gasteiger charge is 2.04. The van der Waals surface area contributed by atoms with E-state index in [0.29, 0.717) is 18.7 Å². The molecule has 16 heavy (non-hydrogen) atoms. The number of aromatic nitrogens is 3. The molecule has 0 saturated carbocycles. The Morgan fingerprint density at radius 3 is 3.12 bits per heavy atom.